The van der Waals surface area contributed by atoms with Crippen LogP contribution in [0.1, 0.15) is 45.6 Å². The molecule has 2 atom stereocenters. The second kappa shape index (κ2) is 5.62. The van der Waals surface area contributed by atoms with Crippen LogP contribution >= 0.6 is 0 Å². The van der Waals surface area contributed by atoms with Crippen LogP contribution in [0.4, 0.5) is 5.69 Å². The molecule has 0 saturated carbocycles. The monoisotopic (exact) mass is 289 g/mol. The lowest BCUT2D eigenvalue weighted by Crippen LogP contribution is -2.44. The second-order valence-electron chi connectivity index (χ2n) is 7.50. The van der Waals surface area contributed by atoms with Crippen LogP contribution in [0.15, 0.2) is 24.3 Å². The largest absolute Gasteiger partial charge is 0.382 e. The predicted octanol–water partition coefficient (Wildman–Crippen LogP) is 3.73. The van der Waals surface area contributed by atoms with Crippen molar-refractivity contribution < 1.29 is 9.47 Å². The molecule has 2 aliphatic rings. The third-order valence-electron chi connectivity index (χ3n) is 4.68. The summed E-state index contributed by atoms with van der Waals surface area (Å²) in [5, 5.41) is 3.68. The highest BCUT2D eigenvalue weighted by molar-refractivity contribution is 5.46. The molecule has 3 heteroatoms. The third kappa shape index (κ3) is 3.41. The van der Waals surface area contributed by atoms with Crippen LogP contribution in [-0.2, 0) is 14.9 Å². The number of rotatable bonds is 2. The molecule has 116 valence electrons. The van der Waals surface area contributed by atoms with Gasteiger partial charge in [-0.15, -0.1) is 0 Å². The van der Waals surface area contributed by atoms with Crippen molar-refractivity contribution in [3.05, 3.63) is 29.8 Å². The SMILES string of the molecule is CC(C)(C)c1ccc(NC2CCOC3(CCOC3)C2)cc1. The Morgan fingerprint density at radius 2 is 1.90 bits per heavy atom. The molecule has 0 aliphatic carbocycles. The first-order chi connectivity index (χ1) is 9.97. The van der Waals surface area contributed by atoms with E-state index in [-0.39, 0.29) is 11.0 Å². The fourth-order valence-electron chi connectivity index (χ4n) is 3.32. The Hall–Kier alpha value is -1.06. The molecule has 2 unspecified atom stereocenters. The Morgan fingerprint density at radius 1 is 1.14 bits per heavy atom. The molecule has 1 aromatic carbocycles. The number of anilines is 1. The van der Waals surface area contributed by atoms with Gasteiger partial charge in [-0.1, -0.05) is 32.9 Å². The molecule has 1 aromatic rings. The van der Waals surface area contributed by atoms with E-state index in [0.717, 1.165) is 39.1 Å². The van der Waals surface area contributed by atoms with Crippen molar-refractivity contribution in [3.8, 4) is 0 Å². The van der Waals surface area contributed by atoms with Crippen molar-refractivity contribution in [1.29, 1.82) is 0 Å². The van der Waals surface area contributed by atoms with E-state index in [1.807, 2.05) is 0 Å². The molecule has 0 aromatic heterocycles. The van der Waals surface area contributed by atoms with Gasteiger partial charge in [-0.3, -0.25) is 0 Å². The average Bonchev–Trinajstić information content (AvgIpc) is 2.86. The van der Waals surface area contributed by atoms with Crippen LogP contribution < -0.4 is 5.32 Å². The molecule has 2 fully saturated rings. The Labute approximate surface area is 128 Å². The predicted molar refractivity (Wildman–Crippen MR) is 85.9 cm³/mol. The number of hydrogen-bond donors (Lipinski definition) is 1. The van der Waals surface area contributed by atoms with Gasteiger partial charge >= 0.3 is 0 Å². The van der Waals surface area contributed by atoms with Gasteiger partial charge in [-0.25, -0.2) is 0 Å². The summed E-state index contributed by atoms with van der Waals surface area (Å²) in [7, 11) is 0. The summed E-state index contributed by atoms with van der Waals surface area (Å²) < 4.78 is 11.5. The van der Waals surface area contributed by atoms with E-state index in [4.69, 9.17) is 9.47 Å². The highest BCUT2D eigenvalue weighted by atomic mass is 16.6. The summed E-state index contributed by atoms with van der Waals surface area (Å²) >= 11 is 0. The summed E-state index contributed by atoms with van der Waals surface area (Å²) in [4.78, 5) is 0. The third-order valence-corrected chi connectivity index (χ3v) is 4.68. The Kier molecular flexibility index (Phi) is 3.98. The van der Waals surface area contributed by atoms with Crippen LogP contribution in [0.25, 0.3) is 0 Å². The van der Waals surface area contributed by atoms with E-state index in [9.17, 15) is 0 Å². The fourth-order valence-corrected chi connectivity index (χ4v) is 3.32. The Bertz CT molecular complexity index is 469. The minimum absolute atomic E-state index is 0.0265. The number of ether oxygens (including phenoxy) is 2. The van der Waals surface area contributed by atoms with Crippen LogP contribution in [0, 0.1) is 0 Å². The maximum atomic E-state index is 5.99. The van der Waals surface area contributed by atoms with Crippen molar-refractivity contribution in [2.75, 3.05) is 25.1 Å². The molecule has 3 rings (SSSR count). The van der Waals surface area contributed by atoms with Gasteiger partial charge < -0.3 is 14.8 Å². The van der Waals surface area contributed by atoms with Crippen molar-refractivity contribution in [3.63, 3.8) is 0 Å². The first-order valence-corrected chi connectivity index (χ1v) is 8.06. The van der Waals surface area contributed by atoms with Gasteiger partial charge in [0.1, 0.15) is 0 Å². The zero-order valence-corrected chi connectivity index (χ0v) is 13.4. The molecular weight excluding hydrogens is 262 g/mol. The molecule has 0 radical (unpaired) electrons. The summed E-state index contributed by atoms with van der Waals surface area (Å²) in [6.07, 6.45) is 3.16. The highest BCUT2D eigenvalue weighted by Crippen LogP contribution is 2.34. The van der Waals surface area contributed by atoms with Crippen LogP contribution in [0.5, 0.6) is 0 Å². The molecule has 21 heavy (non-hydrogen) atoms. The first kappa shape index (κ1) is 14.9. The van der Waals surface area contributed by atoms with Gasteiger partial charge in [0.25, 0.3) is 0 Å². The zero-order chi connectivity index (χ0) is 14.9. The molecule has 1 spiro atoms. The quantitative estimate of drug-likeness (QED) is 0.900. The van der Waals surface area contributed by atoms with Crippen LogP contribution in [0.2, 0.25) is 0 Å². The maximum Gasteiger partial charge on any atom is 0.0956 e. The number of hydrogen-bond acceptors (Lipinski definition) is 3. The van der Waals surface area contributed by atoms with E-state index < -0.39 is 0 Å². The lowest BCUT2D eigenvalue weighted by molar-refractivity contribution is -0.0828. The molecule has 0 bridgehead atoms. The Balaban J connectivity index is 1.63. The van der Waals surface area contributed by atoms with E-state index >= 15 is 0 Å². The molecular formula is C18H27NO2. The van der Waals surface area contributed by atoms with Gasteiger partial charge in [0.15, 0.2) is 0 Å². The number of nitrogens with one attached hydrogen (secondary N) is 1. The van der Waals surface area contributed by atoms with Gasteiger partial charge in [0.05, 0.1) is 12.2 Å². The molecule has 2 saturated heterocycles. The van der Waals surface area contributed by atoms with Crippen molar-refractivity contribution in [2.24, 2.45) is 0 Å². The smallest absolute Gasteiger partial charge is 0.0956 e. The van der Waals surface area contributed by atoms with E-state index in [0.29, 0.717) is 6.04 Å². The lowest BCUT2D eigenvalue weighted by Gasteiger charge is -2.37. The molecule has 0 amide bonds. The topological polar surface area (TPSA) is 30.5 Å². The van der Waals surface area contributed by atoms with Crippen LogP contribution in [-0.4, -0.2) is 31.5 Å². The van der Waals surface area contributed by atoms with Gasteiger partial charge in [-0.05, 0) is 36.0 Å². The normalized spacial score (nSPS) is 29.8. The van der Waals surface area contributed by atoms with E-state index in [2.05, 4.69) is 50.4 Å². The van der Waals surface area contributed by atoms with Gasteiger partial charge in [0.2, 0.25) is 0 Å². The highest BCUT2D eigenvalue weighted by Gasteiger charge is 2.40. The number of benzene rings is 1. The van der Waals surface area contributed by atoms with Gasteiger partial charge in [-0.2, -0.15) is 0 Å². The summed E-state index contributed by atoms with van der Waals surface area (Å²) in [6, 6.07) is 9.36. The summed E-state index contributed by atoms with van der Waals surface area (Å²) in [5.74, 6) is 0. The van der Waals surface area contributed by atoms with Gasteiger partial charge in [0, 0.05) is 31.4 Å². The molecule has 2 aliphatic heterocycles. The molecule has 1 N–H and O–H groups in total. The Morgan fingerprint density at radius 3 is 2.52 bits per heavy atom. The maximum absolute atomic E-state index is 5.99. The standard InChI is InChI=1S/C18H27NO2/c1-17(2,3)14-4-6-15(7-5-14)19-16-8-10-21-18(12-16)9-11-20-13-18/h4-7,16,19H,8-13H2,1-3H3. The van der Waals surface area contributed by atoms with E-state index in [1.165, 1.54) is 11.3 Å². The van der Waals surface area contributed by atoms with Crippen molar-refractivity contribution in [2.45, 2.75) is 57.1 Å². The summed E-state index contributed by atoms with van der Waals surface area (Å²) in [6.45, 7) is 9.18. The average molecular weight is 289 g/mol. The first-order valence-electron chi connectivity index (χ1n) is 8.06. The zero-order valence-electron chi connectivity index (χ0n) is 13.4. The molecule has 2 heterocycles. The lowest BCUT2D eigenvalue weighted by atomic mass is 9.87. The van der Waals surface area contributed by atoms with Crippen molar-refractivity contribution in [1.82, 2.24) is 0 Å². The van der Waals surface area contributed by atoms with E-state index in [1.54, 1.807) is 0 Å². The minimum Gasteiger partial charge on any atom is -0.382 e. The summed E-state index contributed by atoms with van der Waals surface area (Å²) in [5.41, 5.74) is 2.77. The minimum atomic E-state index is -0.0265. The van der Waals surface area contributed by atoms with Crippen molar-refractivity contribution >= 4 is 5.69 Å². The molecule has 3 nitrogen and oxygen atoms in total. The van der Waals surface area contributed by atoms with Crippen LogP contribution in [0.3, 0.4) is 0 Å². The fraction of sp³-hybridized carbons (Fsp3) is 0.667. The second-order valence-corrected chi connectivity index (χ2v) is 7.50.